The van der Waals surface area contributed by atoms with Crippen molar-refractivity contribution < 1.29 is 0 Å². The number of hydrogen-bond acceptors (Lipinski definition) is 7. The summed E-state index contributed by atoms with van der Waals surface area (Å²) >= 11 is 1.74. The molecule has 3 aromatic heterocycles. The van der Waals surface area contributed by atoms with Crippen molar-refractivity contribution in [2.45, 2.75) is 26.4 Å². The Kier molecular flexibility index (Phi) is 9.00. The molecule has 0 aromatic carbocycles. The van der Waals surface area contributed by atoms with Crippen molar-refractivity contribution in [3.05, 3.63) is 53.0 Å². The zero-order valence-corrected chi connectivity index (χ0v) is 20.7. The first-order chi connectivity index (χ1) is 14.8. The number of guanidine groups is 1. The average Bonchev–Trinajstić information content (AvgIpc) is 3.49. The zero-order chi connectivity index (χ0) is 20.6. The second-order valence-electron chi connectivity index (χ2n) is 6.96. The molecular formula is C20H28IN9S. The predicted molar refractivity (Wildman–Crippen MR) is 134 cm³/mol. The quantitative estimate of drug-likeness (QED) is 0.273. The SMILES string of the molecule is CCc1nncn1CCNC(=NCc1cccs1)N1CCN(c2ncccn2)CC1.I. The lowest BCUT2D eigenvalue weighted by molar-refractivity contribution is 0.368. The third kappa shape index (κ3) is 6.35. The Hall–Kier alpha value is -2.28. The minimum Gasteiger partial charge on any atom is -0.354 e. The monoisotopic (exact) mass is 553 g/mol. The molecule has 11 heteroatoms. The number of anilines is 1. The van der Waals surface area contributed by atoms with E-state index in [0.29, 0.717) is 6.54 Å². The molecule has 0 radical (unpaired) electrons. The predicted octanol–water partition coefficient (Wildman–Crippen LogP) is 2.28. The molecule has 1 aliphatic heterocycles. The van der Waals surface area contributed by atoms with E-state index in [1.807, 2.05) is 6.07 Å². The van der Waals surface area contributed by atoms with Gasteiger partial charge in [0, 0.05) is 63.0 Å². The van der Waals surface area contributed by atoms with Gasteiger partial charge in [-0.25, -0.2) is 15.0 Å². The molecule has 4 rings (SSSR count). The summed E-state index contributed by atoms with van der Waals surface area (Å²) in [4.78, 5) is 19.5. The molecule has 1 fully saturated rings. The van der Waals surface area contributed by atoms with E-state index in [0.717, 1.165) is 63.4 Å². The van der Waals surface area contributed by atoms with Gasteiger partial charge in [-0.15, -0.1) is 45.5 Å². The van der Waals surface area contributed by atoms with E-state index < -0.39 is 0 Å². The number of aryl methyl sites for hydroxylation is 1. The van der Waals surface area contributed by atoms with Crippen molar-refractivity contribution in [1.29, 1.82) is 0 Å². The van der Waals surface area contributed by atoms with Crippen LogP contribution < -0.4 is 10.2 Å². The molecule has 4 heterocycles. The number of hydrogen-bond donors (Lipinski definition) is 1. The zero-order valence-electron chi connectivity index (χ0n) is 17.6. The number of aliphatic imine (C=N–C) groups is 1. The minimum absolute atomic E-state index is 0. The molecule has 0 atom stereocenters. The van der Waals surface area contributed by atoms with Gasteiger partial charge in [0.25, 0.3) is 0 Å². The van der Waals surface area contributed by atoms with Crippen molar-refractivity contribution in [2.75, 3.05) is 37.6 Å². The van der Waals surface area contributed by atoms with Crippen molar-refractivity contribution in [3.8, 4) is 0 Å². The lowest BCUT2D eigenvalue weighted by Crippen LogP contribution is -2.53. The van der Waals surface area contributed by atoms with Crippen LogP contribution in [-0.2, 0) is 19.5 Å². The second kappa shape index (κ2) is 11.9. The van der Waals surface area contributed by atoms with E-state index in [4.69, 9.17) is 4.99 Å². The summed E-state index contributed by atoms with van der Waals surface area (Å²) in [7, 11) is 0. The van der Waals surface area contributed by atoms with Gasteiger partial charge >= 0.3 is 0 Å². The lowest BCUT2D eigenvalue weighted by atomic mass is 10.3. The fourth-order valence-electron chi connectivity index (χ4n) is 3.42. The van der Waals surface area contributed by atoms with E-state index in [9.17, 15) is 0 Å². The number of thiophene rings is 1. The van der Waals surface area contributed by atoms with E-state index in [1.54, 1.807) is 30.1 Å². The van der Waals surface area contributed by atoms with Gasteiger partial charge in [0.15, 0.2) is 5.96 Å². The lowest BCUT2D eigenvalue weighted by Gasteiger charge is -2.36. The number of nitrogens with zero attached hydrogens (tertiary/aromatic N) is 8. The summed E-state index contributed by atoms with van der Waals surface area (Å²) in [5.74, 6) is 2.75. The van der Waals surface area contributed by atoms with E-state index in [1.165, 1.54) is 4.88 Å². The maximum atomic E-state index is 4.90. The molecule has 9 nitrogen and oxygen atoms in total. The van der Waals surface area contributed by atoms with Crippen LogP contribution in [-0.4, -0.2) is 68.3 Å². The molecule has 0 spiro atoms. The van der Waals surface area contributed by atoms with Crippen LogP contribution in [0.25, 0.3) is 0 Å². The Labute approximate surface area is 203 Å². The largest absolute Gasteiger partial charge is 0.354 e. The van der Waals surface area contributed by atoms with Crippen LogP contribution in [0.5, 0.6) is 0 Å². The van der Waals surface area contributed by atoms with Crippen LogP contribution in [0.2, 0.25) is 0 Å². The van der Waals surface area contributed by atoms with Crippen LogP contribution in [0.4, 0.5) is 5.95 Å². The number of aromatic nitrogens is 5. The molecule has 3 aromatic rings. The summed E-state index contributed by atoms with van der Waals surface area (Å²) in [6.07, 6.45) is 6.25. The Morgan fingerprint density at radius 1 is 1.16 bits per heavy atom. The normalized spacial score (nSPS) is 14.4. The van der Waals surface area contributed by atoms with Gasteiger partial charge in [-0.2, -0.15) is 0 Å². The summed E-state index contributed by atoms with van der Waals surface area (Å²) in [6, 6.07) is 6.04. The van der Waals surface area contributed by atoms with Crippen molar-refractivity contribution in [2.24, 2.45) is 4.99 Å². The van der Waals surface area contributed by atoms with Gasteiger partial charge in [0.05, 0.1) is 6.54 Å². The first kappa shape index (κ1) is 23.4. The highest BCUT2D eigenvalue weighted by molar-refractivity contribution is 14.0. The number of halogens is 1. The van der Waals surface area contributed by atoms with Crippen LogP contribution in [0.1, 0.15) is 17.6 Å². The van der Waals surface area contributed by atoms with E-state index >= 15 is 0 Å². The third-order valence-corrected chi connectivity index (χ3v) is 5.89. The Balaban J connectivity index is 0.00000272. The van der Waals surface area contributed by atoms with Gasteiger partial charge in [-0.05, 0) is 17.5 Å². The van der Waals surface area contributed by atoms with Crippen molar-refractivity contribution in [3.63, 3.8) is 0 Å². The van der Waals surface area contributed by atoms with Crippen LogP contribution in [0.3, 0.4) is 0 Å². The minimum atomic E-state index is 0. The maximum absolute atomic E-state index is 4.90. The molecule has 0 amide bonds. The molecule has 0 aliphatic carbocycles. The standard InChI is InChI=1S/C20H27N9S.HI/c1-2-18-26-25-16-29(18)9-8-23-20(24-15-17-5-3-14-30-17)28-12-10-27(11-13-28)19-21-6-4-7-22-19;/h3-7,14,16H,2,8-13,15H2,1H3,(H,23,24);1H. The van der Waals surface area contributed by atoms with E-state index in [-0.39, 0.29) is 24.0 Å². The second-order valence-corrected chi connectivity index (χ2v) is 8.00. The molecule has 1 saturated heterocycles. The van der Waals surface area contributed by atoms with Gasteiger partial charge in [-0.3, -0.25) is 0 Å². The van der Waals surface area contributed by atoms with E-state index in [2.05, 4.69) is 64.3 Å². The molecule has 0 bridgehead atoms. The van der Waals surface area contributed by atoms with Gasteiger partial charge < -0.3 is 19.7 Å². The number of rotatable bonds is 7. The van der Waals surface area contributed by atoms with Gasteiger partial charge in [0.1, 0.15) is 12.2 Å². The van der Waals surface area contributed by atoms with Gasteiger partial charge in [0.2, 0.25) is 5.95 Å². The van der Waals surface area contributed by atoms with Crippen molar-refractivity contribution >= 4 is 47.2 Å². The average molecular weight is 553 g/mol. The molecule has 0 unspecified atom stereocenters. The topological polar surface area (TPSA) is 87.4 Å². The molecule has 1 N–H and O–H groups in total. The van der Waals surface area contributed by atoms with Crippen molar-refractivity contribution in [1.82, 2.24) is 34.9 Å². The molecular weight excluding hydrogens is 525 g/mol. The first-order valence-corrected chi connectivity index (χ1v) is 11.2. The fourth-order valence-corrected chi connectivity index (χ4v) is 4.05. The Morgan fingerprint density at radius 2 is 1.97 bits per heavy atom. The highest BCUT2D eigenvalue weighted by Crippen LogP contribution is 2.12. The maximum Gasteiger partial charge on any atom is 0.225 e. The molecule has 166 valence electrons. The summed E-state index contributed by atoms with van der Waals surface area (Å²) in [6.45, 7) is 7.86. The number of piperazine rings is 1. The Bertz CT molecular complexity index is 921. The Morgan fingerprint density at radius 3 is 2.68 bits per heavy atom. The molecule has 0 saturated carbocycles. The van der Waals surface area contributed by atoms with Crippen LogP contribution in [0.15, 0.2) is 47.3 Å². The summed E-state index contributed by atoms with van der Waals surface area (Å²) in [5, 5.41) is 13.8. The smallest absolute Gasteiger partial charge is 0.225 e. The summed E-state index contributed by atoms with van der Waals surface area (Å²) < 4.78 is 2.09. The summed E-state index contributed by atoms with van der Waals surface area (Å²) in [5.41, 5.74) is 0. The molecule has 1 aliphatic rings. The number of nitrogens with one attached hydrogen (secondary N) is 1. The first-order valence-electron chi connectivity index (χ1n) is 10.3. The van der Waals surface area contributed by atoms with Crippen LogP contribution >= 0.6 is 35.3 Å². The third-order valence-electron chi connectivity index (χ3n) is 5.03. The molecule has 31 heavy (non-hydrogen) atoms. The highest BCUT2D eigenvalue weighted by atomic mass is 127. The highest BCUT2D eigenvalue weighted by Gasteiger charge is 2.21. The van der Waals surface area contributed by atoms with Crippen LogP contribution in [0, 0.1) is 0 Å². The fraction of sp³-hybridized carbons (Fsp3) is 0.450. The van der Waals surface area contributed by atoms with Gasteiger partial charge in [-0.1, -0.05) is 13.0 Å².